The smallest absolute Gasteiger partial charge is 0.338 e. The predicted octanol–water partition coefficient (Wildman–Crippen LogP) is 2.64. The maximum absolute atomic E-state index is 13.7. The SMILES string of the molecule is O=C(O)c1ccnc(NCCc2ccsc2)c1F. The zero-order valence-electron chi connectivity index (χ0n) is 9.39. The number of aromatic nitrogens is 1. The highest BCUT2D eigenvalue weighted by atomic mass is 32.1. The first kappa shape index (κ1) is 12.5. The highest BCUT2D eigenvalue weighted by molar-refractivity contribution is 7.07. The van der Waals surface area contributed by atoms with E-state index in [1.807, 2.05) is 16.8 Å². The Kier molecular flexibility index (Phi) is 3.88. The summed E-state index contributed by atoms with van der Waals surface area (Å²) in [7, 11) is 0. The Bertz CT molecular complexity index is 543. The van der Waals surface area contributed by atoms with Crippen LogP contribution in [0.15, 0.2) is 29.1 Å². The predicted molar refractivity (Wildman–Crippen MR) is 67.7 cm³/mol. The molecule has 4 nitrogen and oxygen atoms in total. The van der Waals surface area contributed by atoms with Crippen molar-refractivity contribution in [3.05, 3.63) is 46.0 Å². The topological polar surface area (TPSA) is 62.2 Å². The van der Waals surface area contributed by atoms with Gasteiger partial charge in [0.05, 0.1) is 0 Å². The molecule has 2 rings (SSSR count). The molecule has 0 amide bonds. The molecule has 0 bridgehead atoms. The highest BCUT2D eigenvalue weighted by Gasteiger charge is 2.14. The van der Waals surface area contributed by atoms with Crippen molar-refractivity contribution in [2.24, 2.45) is 0 Å². The van der Waals surface area contributed by atoms with Crippen molar-refractivity contribution < 1.29 is 14.3 Å². The van der Waals surface area contributed by atoms with E-state index in [9.17, 15) is 9.18 Å². The van der Waals surface area contributed by atoms with Crippen LogP contribution in [0.25, 0.3) is 0 Å². The van der Waals surface area contributed by atoms with Gasteiger partial charge in [0, 0.05) is 12.7 Å². The Hall–Kier alpha value is -1.95. The van der Waals surface area contributed by atoms with Gasteiger partial charge in [-0.1, -0.05) is 0 Å². The monoisotopic (exact) mass is 266 g/mol. The quantitative estimate of drug-likeness (QED) is 0.873. The van der Waals surface area contributed by atoms with Crippen molar-refractivity contribution in [3.8, 4) is 0 Å². The van der Waals surface area contributed by atoms with Crippen molar-refractivity contribution in [1.29, 1.82) is 0 Å². The molecule has 0 fully saturated rings. The zero-order chi connectivity index (χ0) is 13.0. The Morgan fingerprint density at radius 2 is 2.33 bits per heavy atom. The summed E-state index contributed by atoms with van der Waals surface area (Å²) in [6.07, 6.45) is 2.02. The number of carbonyl (C=O) groups is 1. The molecule has 0 radical (unpaired) electrons. The molecule has 0 spiro atoms. The van der Waals surface area contributed by atoms with Crippen LogP contribution < -0.4 is 5.32 Å². The minimum Gasteiger partial charge on any atom is -0.478 e. The number of hydrogen-bond donors (Lipinski definition) is 2. The van der Waals surface area contributed by atoms with Crippen LogP contribution in [-0.2, 0) is 6.42 Å². The van der Waals surface area contributed by atoms with E-state index in [2.05, 4.69) is 10.3 Å². The lowest BCUT2D eigenvalue weighted by Gasteiger charge is -2.07. The van der Waals surface area contributed by atoms with E-state index >= 15 is 0 Å². The average Bonchev–Trinajstić information content (AvgIpc) is 2.84. The third-order valence-electron chi connectivity index (χ3n) is 2.41. The molecule has 6 heteroatoms. The summed E-state index contributed by atoms with van der Waals surface area (Å²) in [5, 5.41) is 15.6. The van der Waals surface area contributed by atoms with Crippen LogP contribution in [0.1, 0.15) is 15.9 Å². The fourth-order valence-electron chi connectivity index (χ4n) is 1.49. The number of nitrogens with one attached hydrogen (secondary N) is 1. The highest BCUT2D eigenvalue weighted by Crippen LogP contribution is 2.15. The zero-order valence-corrected chi connectivity index (χ0v) is 10.2. The molecular formula is C12H11FN2O2S. The first-order valence-electron chi connectivity index (χ1n) is 5.31. The van der Waals surface area contributed by atoms with Gasteiger partial charge < -0.3 is 10.4 Å². The summed E-state index contributed by atoms with van der Waals surface area (Å²) in [5.41, 5.74) is 0.783. The molecule has 2 N–H and O–H groups in total. The lowest BCUT2D eigenvalue weighted by molar-refractivity contribution is 0.0692. The van der Waals surface area contributed by atoms with Gasteiger partial charge in [-0.25, -0.2) is 14.2 Å². The number of anilines is 1. The fourth-order valence-corrected chi connectivity index (χ4v) is 2.20. The van der Waals surface area contributed by atoms with Gasteiger partial charge in [-0.3, -0.25) is 0 Å². The molecule has 94 valence electrons. The first-order valence-corrected chi connectivity index (χ1v) is 6.25. The Labute approximate surface area is 107 Å². The van der Waals surface area contributed by atoms with Gasteiger partial charge in [0.25, 0.3) is 0 Å². The molecule has 2 aromatic rings. The second-order valence-corrected chi connectivity index (χ2v) is 4.41. The molecule has 0 saturated heterocycles. The normalized spacial score (nSPS) is 10.3. The molecule has 0 aliphatic rings. The van der Waals surface area contributed by atoms with E-state index in [1.165, 1.54) is 6.20 Å². The van der Waals surface area contributed by atoms with Gasteiger partial charge >= 0.3 is 5.97 Å². The first-order chi connectivity index (χ1) is 8.68. The molecule has 18 heavy (non-hydrogen) atoms. The summed E-state index contributed by atoms with van der Waals surface area (Å²) in [6, 6.07) is 3.13. The number of carboxylic acids is 1. The van der Waals surface area contributed by atoms with Gasteiger partial charge in [-0.15, -0.1) is 0 Å². The number of carboxylic acid groups (broad SMARTS) is 1. The molecule has 0 unspecified atom stereocenters. The summed E-state index contributed by atoms with van der Waals surface area (Å²) in [5.74, 6) is -2.14. The van der Waals surface area contributed by atoms with Crippen molar-refractivity contribution in [2.75, 3.05) is 11.9 Å². The number of aromatic carboxylic acids is 1. The van der Waals surface area contributed by atoms with E-state index in [0.29, 0.717) is 6.54 Å². The van der Waals surface area contributed by atoms with Gasteiger partial charge in [-0.2, -0.15) is 11.3 Å². The van der Waals surface area contributed by atoms with E-state index in [-0.39, 0.29) is 11.4 Å². The van der Waals surface area contributed by atoms with Gasteiger partial charge in [0.2, 0.25) is 0 Å². The fraction of sp³-hybridized carbons (Fsp3) is 0.167. The largest absolute Gasteiger partial charge is 0.478 e. The Balaban J connectivity index is 2.01. The van der Waals surface area contributed by atoms with Crippen LogP contribution in [0.5, 0.6) is 0 Å². The summed E-state index contributed by atoms with van der Waals surface area (Å²) in [4.78, 5) is 14.5. The number of rotatable bonds is 5. The van der Waals surface area contributed by atoms with Gasteiger partial charge in [0.1, 0.15) is 5.56 Å². The third-order valence-corrected chi connectivity index (χ3v) is 3.14. The van der Waals surface area contributed by atoms with Crippen molar-refractivity contribution in [1.82, 2.24) is 4.98 Å². The molecule has 2 heterocycles. The molecule has 0 aliphatic heterocycles. The van der Waals surface area contributed by atoms with Crippen molar-refractivity contribution >= 4 is 23.1 Å². The van der Waals surface area contributed by atoms with Crippen molar-refractivity contribution in [3.63, 3.8) is 0 Å². The average molecular weight is 266 g/mol. The standard InChI is InChI=1S/C12H11FN2O2S/c13-10-9(12(16)17)2-5-15-11(10)14-4-1-8-3-6-18-7-8/h2-3,5-7H,1,4H2,(H,14,15)(H,16,17). The number of pyridine rings is 1. The van der Waals surface area contributed by atoms with Crippen LogP contribution in [-0.4, -0.2) is 22.6 Å². The van der Waals surface area contributed by atoms with Crippen LogP contribution in [0, 0.1) is 5.82 Å². The maximum Gasteiger partial charge on any atom is 0.338 e. The number of thiophene rings is 1. The Morgan fingerprint density at radius 1 is 1.50 bits per heavy atom. The lowest BCUT2D eigenvalue weighted by Crippen LogP contribution is -2.10. The summed E-state index contributed by atoms with van der Waals surface area (Å²) in [6.45, 7) is 0.504. The molecule has 0 aliphatic carbocycles. The second-order valence-electron chi connectivity index (χ2n) is 3.63. The lowest BCUT2D eigenvalue weighted by atomic mass is 10.2. The third kappa shape index (κ3) is 2.84. The molecule has 2 aromatic heterocycles. The van der Waals surface area contributed by atoms with Crippen LogP contribution >= 0.6 is 11.3 Å². The van der Waals surface area contributed by atoms with Gasteiger partial charge in [0.15, 0.2) is 11.6 Å². The minimum absolute atomic E-state index is 0.0230. The molecule has 0 atom stereocenters. The number of nitrogens with zero attached hydrogens (tertiary/aromatic N) is 1. The van der Waals surface area contributed by atoms with Crippen LogP contribution in [0.2, 0.25) is 0 Å². The molecule has 0 aromatic carbocycles. The summed E-state index contributed by atoms with van der Waals surface area (Å²) < 4.78 is 13.7. The van der Waals surface area contributed by atoms with Gasteiger partial charge in [-0.05, 0) is 34.9 Å². The number of hydrogen-bond acceptors (Lipinski definition) is 4. The summed E-state index contributed by atoms with van der Waals surface area (Å²) >= 11 is 1.60. The van der Waals surface area contributed by atoms with Crippen LogP contribution in [0.4, 0.5) is 10.2 Å². The maximum atomic E-state index is 13.7. The van der Waals surface area contributed by atoms with E-state index in [0.717, 1.165) is 18.1 Å². The van der Waals surface area contributed by atoms with E-state index in [1.54, 1.807) is 11.3 Å². The molecule has 0 saturated carbocycles. The second kappa shape index (κ2) is 5.59. The number of halogens is 1. The Morgan fingerprint density at radius 3 is 3.00 bits per heavy atom. The van der Waals surface area contributed by atoms with E-state index < -0.39 is 11.8 Å². The minimum atomic E-state index is -1.30. The van der Waals surface area contributed by atoms with Crippen molar-refractivity contribution in [2.45, 2.75) is 6.42 Å². The van der Waals surface area contributed by atoms with Crippen LogP contribution in [0.3, 0.4) is 0 Å². The molecular weight excluding hydrogens is 255 g/mol. The van der Waals surface area contributed by atoms with E-state index in [4.69, 9.17) is 5.11 Å².